The molecule has 0 radical (unpaired) electrons. The second-order valence-corrected chi connectivity index (χ2v) is 6.65. The molecular formula is C14H10F3NO4S2. The molecule has 0 saturated heterocycles. The van der Waals surface area contributed by atoms with Crippen molar-refractivity contribution in [1.29, 1.82) is 0 Å². The second-order valence-electron chi connectivity index (χ2n) is 4.25. The minimum Gasteiger partial charge on any atom is -0.364 e. The Kier molecular flexibility index (Phi) is 5.82. The van der Waals surface area contributed by atoms with Gasteiger partial charge >= 0.3 is 15.6 Å². The Hall–Kier alpha value is -2.09. The quantitative estimate of drug-likeness (QED) is 0.347. The van der Waals surface area contributed by atoms with Crippen LogP contribution in [0.4, 0.5) is 13.2 Å². The summed E-state index contributed by atoms with van der Waals surface area (Å²) in [5.41, 5.74) is -4.53. The first-order valence-electron chi connectivity index (χ1n) is 6.35. The van der Waals surface area contributed by atoms with Crippen molar-refractivity contribution < 1.29 is 30.5 Å². The van der Waals surface area contributed by atoms with Crippen LogP contribution in [0.2, 0.25) is 0 Å². The van der Waals surface area contributed by atoms with Crippen LogP contribution in [-0.4, -0.2) is 25.5 Å². The normalized spacial score (nSPS) is 11.6. The standard InChI is InChI=1S/C14H10F3NO4S2/c15-14(16,17)24(19,20)22-12-10-23-13(18-12)7-4-8-21-9-11-5-2-1-3-6-11/h1-3,5-6,10H,8-9H2. The van der Waals surface area contributed by atoms with Gasteiger partial charge in [0.2, 0.25) is 5.88 Å². The van der Waals surface area contributed by atoms with E-state index >= 15 is 0 Å². The predicted molar refractivity (Wildman–Crippen MR) is 80.7 cm³/mol. The number of halogens is 3. The summed E-state index contributed by atoms with van der Waals surface area (Å²) in [5.74, 6) is 4.50. The van der Waals surface area contributed by atoms with Crippen LogP contribution in [0.5, 0.6) is 5.88 Å². The van der Waals surface area contributed by atoms with E-state index < -0.39 is 21.5 Å². The topological polar surface area (TPSA) is 65.5 Å². The molecule has 10 heteroatoms. The monoisotopic (exact) mass is 377 g/mol. The third-order valence-electron chi connectivity index (χ3n) is 2.44. The first-order valence-corrected chi connectivity index (χ1v) is 8.63. The molecule has 0 fully saturated rings. The predicted octanol–water partition coefficient (Wildman–Crippen LogP) is 2.94. The van der Waals surface area contributed by atoms with Gasteiger partial charge in [0.15, 0.2) is 5.01 Å². The van der Waals surface area contributed by atoms with E-state index in [4.69, 9.17) is 4.74 Å². The summed E-state index contributed by atoms with van der Waals surface area (Å²) >= 11 is 0.858. The molecule has 1 aromatic heterocycles. The molecule has 0 N–H and O–H groups in total. The minimum atomic E-state index is -5.73. The van der Waals surface area contributed by atoms with Crippen molar-refractivity contribution in [2.45, 2.75) is 12.1 Å². The Morgan fingerprint density at radius 2 is 1.92 bits per heavy atom. The first kappa shape index (κ1) is 18.3. The van der Waals surface area contributed by atoms with Crippen LogP contribution in [0.1, 0.15) is 10.6 Å². The number of thiazole rings is 1. The van der Waals surface area contributed by atoms with Gasteiger partial charge < -0.3 is 8.92 Å². The second kappa shape index (κ2) is 7.65. The maximum Gasteiger partial charge on any atom is 0.534 e. The Balaban J connectivity index is 1.86. The van der Waals surface area contributed by atoms with Crippen molar-refractivity contribution in [2.75, 3.05) is 6.61 Å². The largest absolute Gasteiger partial charge is 0.534 e. The maximum absolute atomic E-state index is 12.2. The molecule has 0 bridgehead atoms. The summed E-state index contributed by atoms with van der Waals surface area (Å²) in [6, 6.07) is 9.40. The summed E-state index contributed by atoms with van der Waals surface area (Å²) in [6.07, 6.45) is 0. The molecule has 0 aliphatic heterocycles. The van der Waals surface area contributed by atoms with Gasteiger partial charge in [-0.2, -0.15) is 26.6 Å². The highest BCUT2D eigenvalue weighted by Crippen LogP contribution is 2.27. The summed E-state index contributed by atoms with van der Waals surface area (Å²) < 4.78 is 67.3. The van der Waals surface area contributed by atoms with Gasteiger partial charge in [0.1, 0.15) is 6.61 Å². The number of rotatable bonds is 5. The van der Waals surface area contributed by atoms with E-state index in [9.17, 15) is 21.6 Å². The molecule has 2 rings (SSSR count). The van der Waals surface area contributed by atoms with Crippen molar-refractivity contribution in [3.8, 4) is 17.7 Å². The fourth-order valence-corrected chi connectivity index (χ4v) is 2.47. The number of hydrogen-bond acceptors (Lipinski definition) is 6. The molecule has 128 valence electrons. The van der Waals surface area contributed by atoms with E-state index in [-0.39, 0.29) is 11.6 Å². The van der Waals surface area contributed by atoms with Crippen LogP contribution in [0.15, 0.2) is 35.7 Å². The molecule has 1 aromatic carbocycles. The first-order chi connectivity index (χ1) is 11.3. The molecule has 0 aliphatic carbocycles. The van der Waals surface area contributed by atoms with Crippen molar-refractivity contribution in [3.63, 3.8) is 0 Å². The van der Waals surface area contributed by atoms with Gasteiger partial charge in [-0.3, -0.25) is 0 Å². The lowest BCUT2D eigenvalue weighted by atomic mass is 10.2. The van der Waals surface area contributed by atoms with Crippen LogP contribution >= 0.6 is 11.3 Å². The van der Waals surface area contributed by atoms with Gasteiger partial charge in [0.25, 0.3) is 0 Å². The fraction of sp³-hybridized carbons (Fsp3) is 0.214. The Bertz CT molecular complexity index is 836. The zero-order valence-electron chi connectivity index (χ0n) is 11.9. The highest BCUT2D eigenvalue weighted by atomic mass is 32.2. The lowest BCUT2D eigenvalue weighted by Gasteiger charge is -2.06. The van der Waals surface area contributed by atoms with E-state index in [1.807, 2.05) is 30.3 Å². The molecule has 1 heterocycles. The summed E-state index contributed by atoms with van der Waals surface area (Å²) in [4.78, 5) is 3.55. The summed E-state index contributed by atoms with van der Waals surface area (Å²) in [6.45, 7) is 0.455. The van der Waals surface area contributed by atoms with Gasteiger partial charge in [0, 0.05) is 0 Å². The Morgan fingerprint density at radius 3 is 2.58 bits per heavy atom. The van der Waals surface area contributed by atoms with Crippen LogP contribution < -0.4 is 4.18 Å². The smallest absolute Gasteiger partial charge is 0.364 e. The minimum absolute atomic E-state index is 0.0888. The lowest BCUT2D eigenvalue weighted by molar-refractivity contribution is -0.0501. The van der Waals surface area contributed by atoms with Crippen molar-refractivity contribution in [1.82, 2.24) is 4.98 Å². The summed E-state index contributed by atoms with van der Waals surface area (Å²) in [5, 5.41) is 1.14. The molecule has 24 heavy (non-hydrogen) atoms. The van der Waals surface area contributed by atoms with E-state index in [1.165, 1.54) is 0 Å². The molecule has 2 aromatic rings. The number of nitrogens with zero attached hydrogens (tertiary/aromatic N) is 1. The van der Waals surface area contributed by atoms with E-state index in [0.717, 1.165) is 22.3 Å². The van der Waals surface area contributed by atoms with Crippen molar-refractivity contribution in [3.05, 3.63) is 46.3 Å². The zero-order chi connectivity index (χ0) is 17.6. The van der Waals surface area contributed by atoms with Gasteiger partial charge in [-0.05, 0) is 11.5 Å². The average Bonchev–Trinajstić information content (AvgIpc) is 2.93. The van der Waals surface area contributed by atoms with E-state index in [0.29, 0.717) is 6.61 Å². The number of alkyl halides is 3. The van der Waals surface area contributed by atoms with Gasteiger partial charge in [-0.15, -0.1) is 11.3 Å². The number of hydrogen-bond donors (Lipinski definition) is 0. The third kappa shape index (κ3) is 5.23. The van der Waals surface area contributed by atoms with Gasteiger partial charge in [-0.25, -0.2) is 0 Å². The van der Waals surface area contributed by atoms with Crippen LogP contribution in [0.25, 0.3) is 0 Å². The summed E-state index contributed by atoms with van der Waals surface area (Å²) in [7, 11) is -5.73. The van der Waals surface area contributed by atoms with Gasteiger partial charge in [0.05, 0.1) is 12.0 Å². The molecule has 0 saturated carbocycles. The highest BCUT2D eigenvalue weighted by molar-refractivity contribution is 7.88. The average molecular weight is 377 g/mol. The molecule has 0 unspecified atom stereocenters. The molecule has 5 nitrogen and oxygen atoms in total. The Labute approximate surface area is 140 Å². The molecule has 0 amide bonds. The third-order valence-corrected chi connectivity index (χ3v) is 4.14. The SMILES string of the molecule is O=S(=O)(Oc1csc(C#CCOCc2ccccc2)n1)C(F)(F)F. The number of ether oxygens (including phenoxy) is 1. The van der Waals surface area contributed by atoms with Gasteiger partial charge in [-0.1, -0.05) is 36.3 Å². The fourth-order valence-electron chi connectivity index (χ4n) is 1.42. The van der Waals surface area contributed by atoms with Crippen LogP contribution in [-0.2, 0) is 21.5 Å². The Morgan fingerprint density at radius 1 is 1.21 bits per heavy atom. The van der Waals surface area contributed by atoms with E-state index in [1.54, 1.807) is 0 Å². The lowest BCUT2D eigenvalue weighted by Crippen LogP contribution is -2.28. The number of aromatic nitrogens is 1. The van der Waals surface area contributed by atoms with Crippen molar-refractivity contribution >= 4 is 21.5 Å². The molecule has 0 aliphatic rings. The van der Waals surface area contributed by atoms with Crippen LogP contribution in [0, 0.1) is 11.8 Å². The van der Waals surface area contributed by atoms with E-state index in [2.05, 4.69) is 21.0 Å². The molecular weight excluding hydrogens is 367 g/mol. The molecule has 0 atom stereocenters. The van der Waals surface area contributed by atoms with Crippen LogP contribution in [0.3, 0.4) is 0 Å². The highest BCUT2D eigenvalue weighted by Gasteiger charge is 2.48. The molecule has 0 spiro atoms. The maximum atomic E-state index is 12.2. The zero-order valence-corrected chi connectivity index (χ0v) is 13.5. The van der Waals surface area contributed by atoms with Crippen molar-refractivity contribution in [2.24, 2.45) is 0 Å². The number of benzene rings is 1.